The van der Waals surface area contributed by atoms with Crippen LogP contribution >= 0.6 is 15.9 Å². The number of aromatic nitrogens is 2. The second kappa shape index (κ2) is 7.22. The molecule has 3 rings (SSSR count). The predicted octanol–water partition coefficient (Wildman–Crippen LogP) is 2.27. The number of hydrogen-bond donors (Lipinski definition) is 1. The summed E-state index contributed by atoms with van der Waals surface area (Å²) in [6, 6.07) is 5.96. The Kier molecular flexibility index (Phi) is 5.03. The zero-order chi connectivity index (χ0) is 18.0. The lowest BCUT2D eigenvalue weighted by molar-refractivity contribution is -0.133. The van der Waals surface area contributed by atoms with E-state index in [1.807, 2.05) is 0 Å². The van der Waals surface area contributed by atoms with Crippen LogP contribution in [0.3, 0.4) is 0 Å². The van der Waals surface area contributed by atoms with Crippen LogP contribution in [0.15, 0.2) is 35.2 Å². The van der Waals surface area contributed by atoms with Gasteiger partial charge in [-0.15, -0.1) is 0 Å². The van der Waals surface area contributed by atoms with Crippen molar-refractivity contribution in [3.05, 3.63) is 41.0 Å². The van der Waals surface area contributed by atoms with Crippen LogP contribution in [0, 0.1) is 5.82 Å². The van der Waals surface area contributed by atoms with Crippen LogP contribution in [-0.2, 0) is 11.3 Å². The number of carbonyl (C=O) groups excluding carboxylic acids is 1. The van der Waals surface area contributed by atoms with Crippen molar-refractivity contribution in [2.24, 2.45) is 0 Å². The smallest absolute Gasteiger partial charge is 0.407 e. The number of halogens is 2. The third kappa shape index (κ3) is 3.81. The van der Waals surface area contributed by atoms with Crippen molar-refractivity contribution >= 4 is 27.9 Å². The van der Waals surface area contributed by atoms with Crippen molar-refractivity contribution in [3.63, 3.8) is 0 Å². The number of rotatable bonds is 3. The average molecular weight is 411 g/mol. The highest BCUT2D eigenvalue weighted by Gasteiger charge is 2.24. The molecule has 1 saturated heterocycles. The summed E-state index contributed by atoms with van der Waals surface area (Å²) in [5, 5.41) is 8.94. The van der Waals surface area contributed by atoms with Crippen molar-refractivity contribution in [2.75, 3.05) is 26.2 Å². The van der Waals surface area contributed by atoms with Gasteiger partial charge in [0.2, 0.25) is 5.91 Å². The maximum Gasteiger partial charge on any atom is 0.407 e. The Labute approximate surface area is 151 Å². The van der Waals surface area contributed by atoms with Gasteiger partial charge < -0.3 is 19.5 Å². The van der Waals surface area contributed by atoms with Gasteiger partial charge in [0.05, 0.1) is 6.33 Å². The molecule has 1 aromatic carbocycles. The Hall–Kier alpha value is -2.42. The monoisotopic (exact) mass is 410 g/mol. The summed E-state index contributed by atoms with van der Waals surface area (Å²) in [5.74, 6) is -0.427. The van der Waals surface area contributed by atoms with E-state index in [9.17, 15) is 14.0 Å². The molecule has 1 fully saturated rings. The molecule has 2 aromatic rings. The first kappa shape index (κ1) is 17.4. The summed E-state index contributed by atoms with van der Waals surface area (Å²) < 4.78 is 15.3. The molecule has 0 aliphatic carbocycles. The maximum absolute atomic E-state index is 13.0. The van der Waals surface area contributed by atoms with E-state index in [0.29, 0.717) is 36.5 Å². The van der Waals surface area contributed by atoms with E-state index in [2.05, 4.69) is 20.9 Å². The number of hydrogen-bond acceptors (Lipinski definition) is 3. The molecule has 0 atom stereocenters. The van der Waals surface area contributed by atoms with Gasteiger partial charge in [0.1, 0.15) is 22.7 Å². The van der Waals surface area contributed by atoms with Crippen molar-refractivity contribution in [1.82, 2.24) is 19.4 Å². The second-order valence-electron chi connectivity index (χ2n) is 5.67. The van der Waals surface area contributed by atoms with Crippen LogP contribution in [-0.4, -0.2) is 62.6 Å². The van der Waals surface area contributed by atoms with Crippen molar-refractivity contribution in [3.8, 4) is 11.3 Å². The molecule has 1 aliphatic rings. The minimum Gasteiger partial charge on any atom is -0.465 e. The van der Waals surface area contributed by atoms with Gasteiger partial charge in [-0.1, -0.05) is 0 Å². The minimum atomic E-state index is -0.964. The first-order chi connectivity index (χ1) is 12.0. The van der Waals surface area contributed by atoms with E-state index < -0.39 is 6.09 Å². The fraction of sp³-hybridized carbons (Fsp3) is 0.312. The van der Waals surface area contributed by atoms with E-state index in [-0.39, 0.29) is 18.3 Å². The summed E-state index contributed by atoms with van der Waals surface area (Å²) in [4.78, 5) is 30.6. The maximum atomic E-state index is 13.0. The van der Waals surface area contributed by atoms with E-state index in [0.717, 1.165) is 5.56 Å². The average Bonchev–Trinajstić information content (AvgIpc) is 2.96. The summed E-state index contributed by atoms with van der Waals surface area (Å²) in [6.45, 7) is 1.48. The third-order valence-corrected chi connectivity index (χ3v) is 4.93. The van der Waals surface area contributed by atoms with Gasteiger partial charge >= 0.3 is 6.09 Å². The van der Waals surface area contributed by atoms with E-state index >= 15 is 0 Å². The summed E-state index contributed by atoms with van der Waals surface area (Å²) in [5.41, 5.74) is 1.37. The number of benzene rings is 1. The van der Waals surface area contributed by atoms with Crippen molar-refractivity contribution in [2.45, 2.75) is 6.54 Å². The quantitative estimate of drug-likeness (QED) is 0.841. The van der Waals surface area contributed by atoms with Crippen LogP contribution in [0.2, 0.25) is 0 Å². The second-order valence-corrected chi connectivity index (χ2v) is 6.42. The van der Waals surface area contributed by atoms with Gasteiger partial charge in [-0.2, -0.15) is 0 Å². The van der Waals surface area contributed by atoms with Crippen LogP contribution in [0.5, 0.6) is 0 Å². The molecule has 7 nitrogen and oxygen atoms in total. The lowest BCUT2D eigenvalue weighted by Crippen LogP contribution is -2.50. The molecule has 132 valence electrons. The molecule has 9 heteroatoms. The Morgan fingerprint density at radius 3 is 2.32 bits per heavy atom. The van der Waals surface area contributed by atoms with Crippen LogP contribution in [0.25, 0.3) is 11.3 Å². The third-order valence-electron chi connectivity index (χ3n) is 4.10. The van der Waals surface area contributed by atoms with Gasteiger partial charge in [0.25, 0.3) is 0 Å². The molecule has 0 unspecified atom stereocenters. The van der Waals surface area contributed by atoms with Crippen LogP contribution in [0.4, 0.5) is 9.18 Å². The van der Waals surface area contributed by atoms with E-state index in [4.69, 9.17) is 5.11 Å². The number of carboxylic acid groups (broad SMARTS) is 1. The Morgan fingerprint density at radius 2 is 1.72 bits per heavy atom. The number of amides is 2. The number of nitrogens with zero attached hydrogens (tertiary/aromatic N) is 4. The Bertz CT molecular complexity index is 785. The molecule has 0 spiro atoms. The molecule has 0 saturated carbocycles. The predicted molar refractivity (Wildman–Crippen MR) is 91.5 cm³/mol. The highest BCUT2D eigenvalue weighted by Crippen LogP contribution is 2.27. The Balaban J connectivity index is 1.67. The zero-order valence-electron chi connectivity index (χ0n) is 13.2. The molecular weight excluding hydrogens is 395 g/mol. The highest BCUT2D eigenvalue weighted by molar-refractivity contribution is 9.10. The Morgan fingerprint density at radius 1 is 1.12 bits per heavy atom. The molecule has 1 aliphatic heterocycles. The standard InChI is InChI=1S/C16H16BrFN4O3/c17-15-14(11-1-3-12(18)4-2-11)19-10-22(15)9-13(23)20-5-7-21(8-6-20)16(24)25/h1-4,10H,5-9H2,(H,24,25). The van der Waals surface area contributed by atoms with Crippen molar-refractivity contribution in [1.29, 1.82) is 0 Å². The first-order valence-corrected chi connectivity index (χ1v) is 8.47. The lowest BCUT2D eigenvalue weighted by atomic mass is 10.2. The van der Waals surface area contributed by atoms with Gasteiger partial charge in [0, 0.05) is 31.7 Å². The molecule has 25 heavy (non-hydrogen) atoms. The minimum absolute atomic E-state index is 0.0991. The largest absolute Gasteiger partial charge is 0.465 e. The highest BCUT2D eigenvalue weighted by atomic mass is 79.9. The fourth-order valence-corrected chi connectivity index (χ4v) is 3.22. The topological polar surface area (TPSA) is 78.7 Å². The lowest BCUT2D eigenvalue weighted by Gasteiger charge is -2.33. The van der Waals surface area contributed by atoms with Gasteiger partial charge in [-0.3, -0.25) is 4.79 Å². The molecule has 1 aromatic heterocycles. The summed E-state index contributed by atoms with van der Waals surface area (Å²) in [7, 11) is 0. The fourth-order valence-electron chi connectivity index (χ4n) is 2.67. The van der Waals surface area contributed by atoms with Crippen LogP contribution in [0.1, 0.15) is 0 Å². The van der Waals surface area contributed by atoms with Gasteiger partial charge in [-0.25, -0.2) is 14.2 Å². The van der Waals surface area contributed by atoms with Gasteiger partial charge in [-0.05, 0) is 40.2 Å². The van der Waals surface area contributed by atoms with E-state index in [1.165, 1.54) is 17.0 Å². The molecular formula is C16H16BrFN4O3. The number of imidazole rings is 1. The molecule has 2 amide bonds. The SMILES string of the molecule is O=C(O)N1CCN(C(=O)Cn2cnc(-c3ccc(F)cc3)c2Br)CC1. The number of piperazine rings is 1. The normalized spacial score (nSPS) is 14.6. The van der Waals surface area contributed by atoms with Gasteiger partial charge in [0.15, 0.2) is 0 Å². The summed E-state index contributed by atoms with van der Waals surface area (Å²) in [6.07, 6.45) is 0.585. The molecule has 0 radical (unpaired) electrons. The van der Waals surface area contributed by atoms with E-state index in [1.54, 1.807) is 27.9 Å². The van der Waals surface area contributed by atoms with Crippen LogP contribution < -0.4 is 0 Å². The molecule has 1 N–H and O–H groups in total. The first-order valence-electron chi connectivity index (χ1n) is 7.68. The number of carbonyl (C=O) groups is 2. The van der Waals surface area contributed by atoms with Crippen molar-refractivity contribution < 1.29 is 19.1 Å². The molecule has 2 heterocycles. The molecule has 0 bridgehead atoms. The zero-order valence-corrected chi connectivity index (χ0v) is 14.8. The summed E-state index contributed by atoms with van der Waals surface area (Å²) >= 11 is 3.44.